The van der Waals surface area contributed by atoms with E-state index in [1.807, 2.05) is 6.92 Å². The molecule has 3 nitrogen and oxygen atoms in total. The van der Waals surface area contributed by atoms with E-state index >= 15 is 0 Å². The van der Waals surface area contributed by atoms with Crippen molar-refractivity contribution >= 4 is 5.71 Å². The molecular formula is C9H17NO2. The summed E-state index contributed by atoms with van der Waals surface area (Å²) in [7, 11) is 1.51. The summed E-state index contributed by atoms with van der Waals surface area (Å²) in [6.07, 6.45) is 5.06. The number of nitrogens with zero attached hydrogens (tertiary/aromatic N) is 1. The van der Waals surface area contributed by atoms with Crippen LogP contribution in [0.2, 0.25) is 0 Å². The quantitative estimate of drug-likeness (QED) is 0.507. The fourth-order valence-corrected chi connectivity index (χ4v) is 1.72. The van der Waals surface area contributed by atoms with Crippen molar-refractivity contribution in [2.45, 2.75) is 44.6 Å². The van der Waals surface area contributed by atoms with Crippen molar-refractivity contribution in [3.8, 4) is 0 Å². The number of aliphatic hydroxyl groups is 1. The van der Waals surface area contributed by atoms with E-state index in [0.29, 0.717) is 5.71 Å². The largest absolute Gasteiger partial charge is 0.399 e. The summed E-state index contributed by atoms with van der Waals surface area (Å²) in [5, 5.41) is 13.8. The molecule has 0 radical (unpaired) electrons. The van der Waals surface area contributed by atoms with Crippen LogP contribution in [-0.2, 0) is 4.84 Å². The molecule has 1 aliphatic carbocycles. The standard InChI is InChI=1S/C9H17NO2/c1-8(10-12-2)9(11)6-4-3-5-7-9/h11H,3-7H2,1-2H3/b10-8+. The molecule has 3 heteroatoms. The lowest BCUT2D eigenvalue weighted by molar-refractivity contribution is 0.0646. The zero-order valence-electron chi connectivity index (χ0n) is 7.84. The van der Waals surface area contributed by atoms with Crippen LogP contribution in [0, 0.1) is 0 Å². The molecular weight excluding hydrogens is 154 g/mol. The molecule has 0 amide bonds. The van der Waals surface area contributed by atoms with E-state index in [0.717, 1.165) is 25.7 Å². The third kappa shape index (κ3) is 1.97. The lowest BCUT2D eigenvalue weighted by Gasteiger charge is -2.31. The molecule has 0 aromatic heterocycles. The van der Waals surface area contributed by atoms with Gasteiger partial charge in [-0.25, -0.2) is 0 Å². The van der Waals surface area contributed by atoms with Crippen LogP contribution in [0.15, 0.2) is 5.16 Å². The van der Waals surface area contributed by atoms with E-state index in [1.54, 1.807) is 0 Å². The highest BCUT2D eigenvalue weighted by Gasteiger charge is 2.32. The lowest BCUT2D eigenvalue weighted by Crippen LogP contribution is -2.38. The van der Waals surface area contributed by atoms with Gasteiger partial charge in [0.15, 0.2) is 0 Å². The highest BCUT2D eigenvalue weighted by atomic mass is 16.6. The van der Waals surface area contributed by atoms with Gasteiger partial charge < -0.3 is 9.94 Å². The summed E-state index contributed by atoms with van der Waals surface area (Å²) < 4.78 is 0. The summed E-state index contributed by atoms with van der Waals surface area (Å²) in [6.45, 7) is 1.83. The zero-order valence-corrected chi connectivity index (χ0v) is 7.84. The summed E-state index contributed by atoms with van der Waals surface area (Å²) in [5.74, 6) is 0. The van der Waals surface area contributed by atoms with Crippen LogP contribution < -0.4 is 0 Å². The van der Waals surface area contributed by atoms with Crippen molar-refractivity contribution in [1.82, 2.24) is 0 Å². The van der Waals surface area contributed by atoms with E-state index in [9.17, 15) is 5.11 Å². The maximum absolute atomic E-state index is 10.1. The van der Waals surface area contributed by atoms with Crippen molar-refractivity contribution in [2.24, 2.45) is 5.16 Å². The summed E-state index contributed by atoms with van der Waals surface area (Å²) in [4.78, 5) is 4.65. The van der Waals surface area contributed by atoms with Gasteiger partial charge in [-0.1, -0.05) is 24.4 Å². The third-order valence-corrected chi connectivity index (χ3v) is 2.58. The second kappa shape index (κ2) is 3.90. The molecule has 0 aromatic rings. The Bertz CT molecular complexity index is 171. The summed E-state index contributed by atoms with van der Waals surface area (Å²) in [6, 6.07) is 0. The van der Waals surface area contributed by atoms with Gasteiger partial charge in [0.25, 0.3) is 0 Å². The van der Waals surface area contributed by atoms with Crippen LogP contribution in [0.3, 0.4) is 0 Å². The molecule has 0 spiro atoms. The Labute approximate surface area is 73.4 Å². The normalized spacial score (nSPS) is 23.8. The van der Waals surface area contributed by atoms with Crippen molar-refractivity contribution in [3.63, 3.8) is 0 Å². The molecule has 0 unspecified atom stereocenters. The molecule has 70 valence electrons. The lowest BCUT2D eigenvalue weighted by atomic mass is 9.82. The van der Waals surface area contributed by atoms with E-state index in [1.165, 1.54) is 13.5 Å². The predicted octanol–water partition coefficient (Wildman–Crippen LogP) is 1.70. The second-order valence-corrected chi connectivity index (χ2v) is 3.45. The van der Waals surface area contributed by atoms with Gasteiger partial charge in [0.1, 0.15) is 12.7 Å². The minimum atomic E-state index is -0.686. The molecule has 12 heavy (non-hydrogen) atoms. The maximum atomic E-state index is 10.1. The molecule has 1 fully saturated rings. The van der Waals surface area contributed by atoms with Gasteiger partial charge in [0, 0.05) is 0 Å². The fourth-order valence-electron chi connectivity index (χ4n) is 1.72. The van der Waals surface area contributed by atoms with E-state index in [-0.39, 0.29) is 0 Å². The van der Waals surface area contributed by atoms with Gasteiger partial charge in [0.2, 0.25) is 0 Å². The molecule has 0 aliphatic heterocycles. The van der Waals surface area contributed by atoms with E-state index < -0.39 is 5.60 Å². The average Bonchev–Trinajstić information content (AvgIpc) is 2.06. The first-order valence-corrected chi connectivity index (χ1v) is 4.50. The fraction of sp³-hybridized carbons (Fsp3) is 0.889. The predicted molar refractivity (Wildman–Crippen MR) is 48.2 cm³/mol. The van der Waals surface area contributed by atoms with Crippen LogP contribution in [0.25, 0.3) is 0 Å². The first-order chi connectivity index (χ1) is 5.69. The van der Waals surface area contributed by atoms with Crippen molar-refractivity contribution in [1.29, 1.82) is 0 Å². The van der Waals surface area contributed by atoms with Crippen LogP contribution >= 0.6 is 0 Å². The molecule has 0 aromatic carbocycles. The maximum Gasteiger partial charge on any atom is 0.106 e. The third-order valence-electron chi connectivity index (χ3n) is 2.58. The van der Waals surface area contributed by atoms with Gasteiger partial charge in [-0.2, -0.15) is 0 Å². The Kier molecular flexibility index (Phi) is 3.09. The second-order valence-electron chi connectivity index (χ2n) is 3.45. The van der Waals surface area contributed by atoms with Gasteiger partial charge in [-0.3, -0.25) is 0 Å². The Hall–Kier alpha value is -0.570. The number of rotatable bonds is 2. The Morgan fingerprint density at radius 1 is 1.33 bits per heavy atom. The van der Waals surface area contributed by atoms with E-state index in [2.05, 4.69) is 9.99 Å². The van der Waals surface area contributed by atoms with Crippen molar-refractivity contribution in [3.05, 3.63) is 0 Å². The topological polar surface area (TPSA) is 41.8 Å². The van der Waals surface area contributed by atoms with Gasteiger partial charge in [-0.05, 0) is 19.8 Å². The molecule has 0 heterocycles. The number of hydrogen-bond acceptors (Lipinski definition) is 3. The number of oxime groups is 1. The molecule has 0 atom stereocenters. The first-order valence-electron chi connectivity index (χ1n) is 4.50. The van der Waals surface area contributed by atoms with Gasteiger partial charge in [-0.15, -0.1) is 0 Å². The smallest absolute Gasteiger partial charge is 0.106 e. The van der Waals surface area contributed by atoms with Crippen molar-refractivity contribution in [2.75, 3.05) is 7.11 Å². The number of hydrogen-bond donors (Lipinski definition) is 1. The summed E-state index contributed by atoms with van der Waals surface area (Å²) in [5.41, 5.74) is 0.0264. The van der Waals surface area contributed by atoms with Crippen LogP contribution in [0.5, 0.6) is 0 Å². The monoisotopic (exact) mass is 171 g/mol. The highest BCUT2D eigenvalue weighted by molar-refractivity contribution is 5.89. The molecule has 1 aliphatic rings. The molecule has 0 bridgehead atoms. The van der Waals surface area contributed by atoms with Crippen molar-refractivity contribution < 1.29 is 9.94 Å². The molecule has 0 saturated heterocycles. The minimum absolute atomic E-state index is 0.686. The van der Waals surface area contributed by atoms with Crippen LogP contribution in [0.1, 0.15) is 39.0 Å². The highest BCUT2D eigenvalue weighted by Crippen LogP contribution is 2.29. The molecule has 1 rings (SSSR count). The van der Waals surface area contributed by atoms with Crippen LogP contribution in [-0.4, -0.2) is 23.5 Å². The molecule has 1 N–H and O–H groups in total. The van der Waals surface area contributed by atoms with Gasteiger partial charge >= 0.3 is 0 Å². The molecule has 1 saturated carbocycles. The Balaban J connectivity index is 2.62. The average molecular weight is 171 g/mol. The zero-order chi connectivity index (χ0) is 9.03. The Morgan fingerprint density at radius 3 is 2.42 bits per heavy atom. The van der Waals surface area contributed by atoms with E-state index in [4.69, 9.17) is 0 Å². The summed E-state index contributed by atoms with van der Waals surface area (Å²) >= 11 is 0. The SMILES string of the molecule is CO/N=C(\C)C1(O)CCCCC1. The Morgan fingerprint density at radius 2 is 1.92 bits per heavy atom. The van der Waals surface area contributed by atoms with Crippen LogP contribution in [0.4, 0.5) is 0 Å². The first kappa shape index (κ1) is 9.52. The minimum Gasteiger partial charge on any atom is -0.399 e. The van der Waals surface area contributed by atoms with Gasteiger partial charge in [0.05, 0.1) is 5.71 Å².